The van der Waals surface area contributed by atoms with Crippen LogP contribution in [0.2, 0.25) is 0 Å². The maximum absolute atomic E-state index is 11.0. The van der Waals surface area contributed by atoms with Crippen molar-refractivity contribution in [1.29, 1.82) is 0 Å². The van der Waals surface area contributed by atoms with E-state index in [1.165, 1.54) is 0 Å². The molecule has 0 radical (unpaired) electrons. The lowest BCUT2D eigenvalue weighted by molar-refractivity contribution is -0.450. The van der Waals surface area contributed by atoms with Gasteiger partial charge in [-0.3, -0.25) is 10.3 Å². The Bertz CT molecular complexity index is 225. The molecule has 0 unspecified atom stereocenters. The van der Waals surface area contributed by atoms with Crippen molar-refractivity contribution in [1.82, 2.24) is 5.32 Å². The molecule has 68 valence electrons. The Morgan fingerprint density at radius 3 is 2.67 bits per heavy atom. The monoisotopic (exact) mass is 169 g/mol. The molecule has 0 amide bonds. The van der Waals surface area contributed by atoms with Crippen LogP contribution in [0.25, 0.3) is 0 Å². The summed E-state index contributed by atoms with van der Waals surface area (Å²) < 4.78 is 0.926. The third-order valence-electron chi connectivity index (χ3n) is 1.48. The molecule has 1 rings (SSSR count). The van der Waals surface area contributed by atoms with Crippen molar-refractivity contribution in [2.24, 2.45) is 4.99 Å². The van der Waals surface area contributed by atoms with E-state index in [9.17, 15) is 5.21 Å². The highest BCUT2D eigenvalue weighted by Gasteiger charge is 2.15. The molecule has 0 aromatic carbocycles. The van der Waals surface area contributed by atoms with Gasteiger partial charge in [0.25, 0.3) is 0 Å². The molecule has 4 heteroatoms. The van der Waals surface area contributed by atoms with Crippen molar-refractivity contribution in [3.63, 3.8) is 0 Å². The molecular formula is C8H15N3O. The topological polar surface area (TPSA) is 50.5 Å². The van der Waals surface area contributed by atoms with Gasteiger partial charge in [-0.25, -0.2) is 0 Å². The Balaban J connectivity index is 2.62. The summed E-state index contributed by atoms with van der Waals surface area (Å²) in [4.78, 5) is 4.25. The summed E-state index contributed by atoms with van der Waals surface area (Å²) in [5, 5.41) is 14.0. The maximum atomic E-state index is 11.0. The molecule has 0 fully saturated rings. The minimum atomic E-state index is -0.101. The molecule has 1 N–H and O–H groups in total. The molecule has 1 aliphatic heterocycles. The van der Waals surface area contributed by atoms with Crippen LogP contribution in [-0.4, -0.2) is 35.4 Å². The molecule has 0 bridgehead atoms. The molecule has 0 aromatic rings. The minimum Gasteiger partial charge on any atom is -0.623 e. The van der Waals surface area contributed by atoms with Crippen LogP contribution in [0.3, 0.4) is 0 Å². The highest BCUT2D eigenvalue weighted by atomic mass is 16.5. The fraction of sp³-hybridized carbons (Fsp3) is 0.750. The summed E-state index contributed by atoms with van der Waals surface area (Å²) in [7, 11) is 0. The predicted molar refractivity (Wildman–Crippen MR) is 49.7 cm³/mol. The van der Waals surface area contributed by atoms with Crippen molar-refractivity contribution >= 4 is 11.9 Å². The predicted octanol–water partition coefficient (Wildman–Crippen LogP) is 0.368. The van der Waals surface area contributed by atoms with E-state index in [1.807, 2.05) is 20.8 Å². The number of hydrogen-bond donors (Lipinski definition) is 1. The second-order valence-corrected chi connectivity index (χ2v) is 3.88. The smallest absolute Gasteiger partial charge is 0.220 e. The van der Waals surface area contributed by atoms with E-state index in [4.69, 9.17) is 0 Å². The number of hydroxylamine groups is 1. The Morgan fingerprint density at radius 1 is 1.58 bits per heavy atom. The van der Waals surface area contributed by atoms with E-state index >= 15 is 0 Å². The molecule has 12 heavy (non-hydrogen) atoms. The molecule has 0 aliphatic carbocycles. The first-order chi connectivity index (χ1) is 5.49. The summed E-state index contributed by atoms with van der Waals surface area (Å²) in [5.74, 6) is 0. The third kappa shape index (κ3) is 2.62. The van der Waals surface area contributed by atoms with Gasteiger partial charge in [0, 0.05) is 0 Å². The van der Waals surface area contributed by atoms with Gasteiger partial charge in [-0.15, -0.1) is 0 Å². The molecule has 0 saturated carbocycles. The van der Waals surface area contributed by atoms with Crippen LogP contribution in [0.1, 0.15) is 20.8 Å². The van der Waals surface area contributed by atoms with E-state index in [1.54, 1.807) is 6.21 Å². The first-order valence-corrected chi connectivity index (χ1v) is 4.05. The molecule has 1 aliphatic rings. The number of hydrogen-bond acceptors (Lipinski definition) is 3. The standard InChI is InChI=1S/C8H15N3O/c1-8(2,3)10-5-7-4-9-6-11(7)12/h5,9H,4,6H2,1-3H3. The first-order valence-electron chi connectivity index (χ1n) is 4.05. The highest BCUT2D eigenvalue weighted by molar-refractivity contribution is 6.29. The van der Waals surface area contributed by atoms with Crippen LogP contribution < -0.4 is 5.32 Å². The lowest BCUT2D eigenvalue weighted by Crippen LogP contribution is -2.17. The zero-order chi connectivity index (χ0) is 9.19. The quantitative estimate of drug-likeness (QED) is 0.350. The van der Waals surface area contributed by atoms with E-state index in [0.717, 1.165) is 4.74 Å². The number of nitrogens with zero attached hydrogens (tertiary/aromatic N) is 2. The fourth-order valence-electron chi connectivity index (χ4n) is 0.853. The third-order valence-corrected chi connectivity index (χ3v) is 1.48. The van der Waals surface area contributed by atoms with Gasteiger partial charge in [0.05, 0.1) is 18.3 Å². The molecule has 0 saturated heterocycles. The molecule has 0 spiro atoms. The van der Waals surface area contributed by atoms with Gasteiger partial charge in [-0.1, -0.05) is 0 Å². The van der Waals surface area contributed by atoms with Crippen molar-refractivity contribution in [2.45, 2.75) is 26.3 Å². The second kappa shape index (κ2) is 3.23. The summed E-state index contributed by atoms with van der Waals surface area (Å²) >= 11 is 0. The first kappa shape index (κ1) is 9.19. The number of aliphatic imine (C=N–C) groups is 1. The van der Waals surface area contributed by atoms with Gasteiger partial charge in [-0.2, -0.15) is 4.74 Å². The van der Waals surface area contributed by atoms with Crippen molar-refractivity contribution in [2.75, 3.05) is 13.2 Å². The molecule has 1 heterocycles. The van der Waals surface area contributed by atoms with Gasteiger partial charge in [0.15, 0.2) is 0 Å². The van der Waals surface area contributed by atoms with Gasteiger partial charge < -0.3 is 5.21 Å². The Hall–Kier alpha value is -0.900. The van der Waals surface area contributed by atoms with E-state index in [0.29, 0.717) is 18.9 Å². The average molecular weight is 169 g/mol. The fourth-order valence-corrected chi connectivity index (χ4v) is 0.853. The van der Waals surface area contributed by atoms with Gasteiger partial charge >= 0.3 is 0 Å². The molecule has 0 atom stereocenters. The lowest BCUT2D eigenvalue weighted by Gasteiger charge is -2.09. The molecule has 4 nitrogen and oxygen atoms in total. The van der Waals surface area contributed by atoms with Crippen LogP contribution in [0.4, 0.5) is 0 Å². The average Bonchev–Trinajstić information content (AvgIpc) is 2.29. The lowest BCUT2D eigenvalue weighted by atomic mass is 10.1. The van der Waals surface area contributed by atoms with Crippen LogP contribution in [-0.2, 0) is 0 Å². The van der Waals surface area contributed by atoms with Gasteiger partial charge in [0.1, 0.15) is 0 Å². The van der Waals surface area contributed by atoms with Crippen molar-refractivity contribution in [3.8, 4) is 0 Å². The Labute approximate surface area is 72.6 Å². The largest absolute Gasteiger partial charge is 0.623 e. The van der Waals surface area contributed by atoms with Crippen molar-refractivity contribution in [3.05, 3.63) is 5.21 Å². The summed E-state index contributed by atoms with van der Waals surface area (Å²) in [6.45, 7) is 7.01. The van der Waals surface area contributed by atoms with Crippen LogP contribution in [0, 0.1) is 5.21 Å². The second-order valence-electron chi connectivity index (χ2n) is 3.88. The van der Waals surface area contributed by atoms with Crippen LogP contribution in [0.15, 0.2) is 4.99 Å². The number of rotatable bonds is 1. The summed E-state index contributed by atoms with van der Waals surface area (Å²) in [5.41, 5.74) is 0.612. The number of nitrogens with one attached hydrogen (secondary N) is 1. The maximum Gasteiger partial charge on any atom is 0.220 e. The van der Waals surface area contributed by atoms with Crippen molar-refractivity contribution < 1.29 is 4.74 Å². The molecule has 0 aromatic heterocycles. The SMILES string of the molecule is CC(C)(C)N=CC1=[N+]([O-])CNC1. The van der Waals surface area contributed by atoms with Gasteiger partial charge in [-0.05, 0) is 20.8 Å². The molecular weight excluding hydrogens is 154 g/mol. The van der Waals surface area contributed by atoms with Gasteiger partial charge in [0.2, 0.25) is 12.4 Å². The normalized spacial score (nSPS) is 19.6. The summed E-state index contributed by atoms with van der Waals surface area (Å²) in [6.07, 6.45) is 1.66. The Morgan fingerprint density at radius 2 is 2.25 bits per heavy atom. The van der Waals surface area contributed by atoms with E-state index < -0.39 is 0 Å². The van der Waals surface area contributed by atoms with Crippen LogP contribution >= 0.6 is 0 Å². The summed E-state index contributed by atoms with van der Waals surface area (Å²) in [6, 6.07) is 0. The Kier molecular flexibility index (Phi) is 2.47. The van der Waals surface area contributed by atoms with E-state index in [2.05, 4.69) is 10.3 Å². The zero-order valence-electron chi connectivity index (χ0n) is 7.79. The van der Waals surface area contributed by atoms with E-state index in [-0.39, 0.29) is 5.54 Å². The minimum absolute atomic E-state index is 0.101. The zero-order valence-corrected chi connectivity index (χ0v) is 7.79. The highest BCUT2D eigenvalue weighted by Crippen LogP contribution is 2.04. The van der Waals surface area contributed by atoms with Crippen LogP contribution in [0.5, 0.6) is 0 Å².